The molecule has 1 heterocycles. The highest BCUT2D eigenvalue weighted by Gasteiger charge is 2.30. The fourth-order valence-corrected chi connectivity index (χ4v) is 2.27. The van der Waals surface area contributed by atoms with Crippen molar-refractivity contribution in [2.45, 2.75) is 25.8 Å². The van der Waals surface area contributed by atoms with Crippen LogP contribution in [-0.4, -0.2) is 80.9 Å². The molecule has 1 unspecified atom stereocenters. The Kier molecular flexibility index (Phi) is 9.66. The summed E-state index contributed by atoms with van der Waals surface area (Å²) in [6, 6.07) is -0.662. The van der Waals surface area contributed by atoms with E-state index in [4.69, 9.17) is 5.73 Å². The van der Waals surface area contributed by atoms with Gasteiger partial charge in [0.05, 0.1) is 6.54 Å². The van der Waals surface area contributed by atoms with E-state index in [0.29, 0.717) is 19.5 Å². The number of carbonyl (C=O) groups is 3. The Morgan fingerprint density at radius 1 is 1.28 bits per heavy atom. The van der Waals surface area contributed by atoms with Crippen LogP contribution in [0.15, 0.2) is 4.99 Å². The van der Waals surface area contributed by atoms with Crippen molar-refractivity contribution >= 4 is 23.7 Å². The number of carbonyl (C=O) groups excluding carboxylic acids is 3. The molecule has 6 N–H and O–H groups in total. The second kappa shape index (κ2) is 11.5. The molecule has 142 valence electrons. The van der Waals surface area contributed by atoms with Gasteiger partial charge in [0.1, 0.15) is 6.04 Å². The number of nitrogens with one attached hydrogen (secondary N) is 4. The van der Waals surface area contributed by atoms with E-state index in [9.17, 15) is 14.4 Å². The summed E-state index contributed by atoms with van der Waals surface area (Å²) >= 11 is 0. The first-order valence-corrected chi connectivity index (χ1v) is 8.45. The zero-order chi connectivity index (χ0) is 18.7. The SMILES string of the molecule is CC(=O)NC1=NCC(N(C)C(=O)CCNCCCNCCN)C(=O)N1. The maximum atomic E-state index is 12.2. The molecule has 3 amide bonds. The minimum absolute atomic E-state index is 0.125. The third kappa shape index (κ3) is 8.05. The van der Waals surface area contributed by atoms with Crippen LogP contribution in [-0.2, 0) is 14.4 Å². The van der Waals surface area contributed by atoms with Crippen LogP contribution in [0, 0.1) is 0 Å². The first-order valence-electron chi connectivity index (χ1n) is 8.45. The van der Waals surface area contributed by atoms with Gasteiger partial charge in [-0.05, 0) is 19.5 Å². The lowest BCUT2D eigenvalue weighted by molar-refractivity contribution is -0.138. The summed E-state index contributed by atoms with van der Waals surface area (Å²) < 4.78 is 0. The molecule has 10 heteroatoms. The number of hydrogen-bond acceptors (Lipinski definition) is 7. The Labute approximate surface area is 148 Å². The second-order valence-corrected chi connectivity index (χ2v) is 5.77. The van der Waals surface area contributed by atoms with E-state index in [-0.39, 0.29) is 30.2 Å². The van der Waals surface area contributed by atoms with E-state index in [1.165, 1.54) is 11.8 Å². The predicted molar refractivity (Wildman–Crippen MR) is 94.8 cm³/mol. The van der Waals surface area contributed by atoms with E-state index in [0.717, 1.165) is 26.1 Å². The molecule has 0 aliphatic carbocycles. The summed E-state index contributed by atoms with van der Waals surface area (Å²) in [6.45, 7) is 5.13. The minimum atomic E-state index is -0.662. The summed E-state index contributed by atoms with van der Waals surface area (Å²) in [5.41, 5.74) is 5.38. The lowest BCUT2D eigenvalue weighted by Crippen LogP contribution is -2.57. The van der Waals surface area contributed by atoms with Crippen LogP contribution >= 0.6 is 0 Å². The van der Waals surface area contributed by atoms with Crippen molar-refractivity contribution in [2.24, 2.45) is 10.7 Å². The summed E-state index contributed by atoms with van der Waals surface area (Å²) in [5, 5.41) is 11.3. The van der Waals surface area contributed by atoms with Crippen molar-refractivity contribution in [3.8, 4) is 0 Å². The number of nitrogens with two attached hydrogens (primary N) is 1. The molecule has 1 aliphatic heterocycles. The normalized spacial score (nSPS) is 16.8. The van der Waals surface area contributed by atoms with Gasteiger partial charge in [-0.15, -0.1) is 0 Å². The van der Waals surface area contributed by atoms with Gasteiger partial charge in [-0.1, -0.05) is 0 Å². The van der Waals surface area contributed by atoms with Crippen molar-refractivity contribution in [3.05, 3.63) is 0 Å². The first kappa shape index (κ1) is 21.0. The zero-order valence-electron chi connectivity index (χ0n) is 14.9. The summed E-state index contributed by atoms with van der Waals surface area (Å²) in [6.07, 6.45) is 1.26. The van der Waals surface area contributed by atoms with Crippen LogP contribution in [0.2, 0.25) is 0 Å². The number of nitrogens with zero attached hydrogens (tertiary/aromatic N) is 2. The molecule has 0 fully saturated rings. The molecule has 1 atom stereocenters. The van der Waals surface area contributed by atoms with E-state index in [2.05, 4.69) is 26.3 Å². The average molecular weight is 355 g/mol. The van der Waals surface area contributed by atoms with Gasteiger partial charge in [-0.25, -0.2) is 4.99 Å². The Hall–Kier alpha value is -2.04. The monoisotopic (exact) mass is 355 g/mol. The van der Waals surface area contributed by atoms with E-state index in [1.54, 1.807) is 7.05 Å². The van der Waals surface area contributed by atoms with Crippen LogP contribution in [0.1, 0.15) is 19.8 Å². The fraction of sp³-hybridized carbons (Fsp3) is 0.733. The standard InChI is InChI=1S/C15H29N7O3/c1-11(23)20-15-19-10-12(14(25)21-15)22(2)13(24)4-8-17-6-3-7-18-9-5-16/h12,17-18H,3-10,16H2,1-2H3,(H2,19,20,21,23,25). The van der Waals surface area contributed by atoms with E-state index >= 15 is 0 Å². The quantitative estimate of drug-likeness (QED) is 0.271. The molecule has 1 rings (SSSR count). The van der Waals surface area contributed by atoms with Crippen LogP contribution in [0.4, 0.5) is 0 Å². The molecule has 0 aromatic heterocycles. The van der Waals surface area contributed by atoms with Crippen molar-refractivity contribution in [2.75, 3.05) is 46.3 Å². The number of aliphatic imine (C=N–C) groups is 1. The molecule has 0 saturated carbocycles. The maximum Gasteiger partial charge on any atom is 0.251 e. The minimum Gasteiger partial charge on any atom is -0.332 e. The molecule has 0 aromatic carbocycles. The highest BCUT2D eigenvalue weighted by molar-refractivity contribution is 6.07. The lowest BCUT2D eigenvalue weighted by Gasteiger charge is -2.29. The van der Waals surface area contributed by atoms with Gasteiger partial charge < -0.3 is 21.3 Å². The molecule has 0 radical (unpaired) electrons. The Balaban J connectivity index is 2.26. The Morgan fingerprint density at radius 2 is 1.96 bits per heavy atom. The Bertz CT molecular complexity index is 496. The largest absolute Gasteiger partial charge is 0.332 e. The first-order chi connectivity index (χ1) is 12.0. The average Bonchev–Trinajstić information content (AvgIpc) is 2.56. The number of rotatable bonds is 10. The molecule has 0 spiro atoms. The predicted octanol–water partition coefficient (Wildman–Crippen LogP) is -2.65. The fourth-order valence-electron chi connectivity index (χ4n) is 2.27. The maximum absolute atomic E-state index is 12.2. The molecule has 25 heavy (non-hydrogen) atoms. The Morgan fingerprint density at radius 3 is 2.56 bits per heavy atom. The van der Waals surface area contributed by atoms with Gasteiger partial charge in [-0.3, -0.25) is 25.0 Å². The topological polar surface area (TPSA) is 141 Å². The number of likely N-dealkylation sites (N-methyl/N-ethyl adjacent to an activating group) is 1. The highest BCUT2D eigenvalue weighted by atomic mass is 16.2. The van der Waals surface area contributed by atoms with Gasteiger partial charge in [-0.2, -0.15) is 0 Å². The van der Waals surface area contributed by atoms with Gasteiger partial charge in [0, 0.05) is 40.0 Å². The van der Waals surface area contributed by atoms with E-state index < -0.39 is 6.04 Å². The van der Waals surface area contributed by atoms with Gasteiger partial charge in [0.15, 0.2) is 0 Å². The van der Waals surface area contributed by atoms with E-state index in [1.807, 2.05) is 0 Å². The summed E-state index contributed by atoms with van der Waals surface area (Å²) in [4.78, 5) is 40.7. The van der Waals surface area contributed by atoms with Crippen LogP contribution < -0.4 is 27.0 Å². The van der Waals surface area contributed by atoms with Gasteiger partial charge in [0.2, 0.25) is 17.8 Å². The van der Waals surface area contributed by atoms with Crippen molar-refractivity contribution in [1.82, 2.24) is 26.2 Å². The second-order valence-electron chi connectivity index (χ2n) is 5.77. The molecule has 1 aliphatic rings. The zero-order valence-corrected chi connectivity index (χ0v) is 14.9. The number of amides is 3. The third-order valence-corrected chi connectivity index (χ3v) is 3.67. The molecule has 0 saturated heterocycles. The van der Waals surface area contributed by atoms with Crippen LogP contribution in [0.25, 0.3) is 0 Å². The lowest BCUT2D eigenvalue weighted by atomic mass is 10.2. The smallest absolute Gasteiger partial charge is 0.251 e. The third-order valence-electron chi connectivity index (χ3n) is 3.67. The van der Waals surface area contributed by atoms with Gasteiger partial charge in [0.25, 0.3) is 5.91 Å². The highest BCUT2D eigenvalue weighted by Crippen LogP contribution is 2.04. The van der Waals surface area contributed by atoms with Crippen molar-refractivity contribution < 1.29 is 14.4 Å². The summed E-state index contributed by atoms with van der Waals surface area (Å²) in [5.74, 6) is -0.675. The van der Waals surface area contributed by atoms with Gasteiger partial charge >= 0.3 is 0 Å². The molecular formula is C15H29N7O3. The van der Waals surface area contributed by atoms with Crippen molar-refractivity contribution in [3.63, 3.8) is 0 Å². The van der Waals surface area contributed by atoms with Crippen LogP contribution in [0.3, 0.4) is 0 Å². The summed E-state index contributed by atoms with van der Waals surface area (Å²) in [7, 11) is 1.59. The van der Waals surface area contributed by atoms with Crippen molar-refractivity contribution in [1.29, 1.82) is 0 Å². The molecule has 0 aromatic rings. The number of hydrogen-bond donors (Lipinski definition) is 5. The molecule has 10 nitrogen and oxygen atoms in total. The molecular weight excluding hydrogens is 326 g/mol. The molecule has 0 bridgehead atoms. The van der Waals surface area contributed by atoms with Crippen LogP contribution in [0.5, 0.6) is 0 Å². The number of guanidine groups is 1.